The summed E-state index contributed by atoms with van der Waals surface area (Å²) in [4.78, 5) is 15.9. The number of amides is 1. The van der Waals surface area contributed by atoms with E-state index >= 15 is 0 Å². The summed E-state index contributed by atoms with van der Waals surface area (Å²) >= 11 is 0. The van der Waals surface area contributed by atoms with Crippen molar-refractivity contribution < 1.29 is 9.53 Å². The second-order valence-corrected chi connectivity index (χ2v) is 5.28. The molecule has 1 amide bonds. The first-order valence-electron chi connectivity index (χ1n) is 7.22. The van der Waals surface area contributed by atoms with Gasteiger partial charge < -0.3 is 10.1 Å². The topological polar surface area (TPSA) is 51.2 Å². The van der Waals surface area contributed by atoms with Crippen molar-refractivity contribution in [1.82, 2.24) is 10.3 Å². The van der Waals surface area contributed by atoms with E-state index in [0.717, 1.165) is 17.9 Å². The summed E-state index contributed by atoms with van der Waals surface area (Å²) in [6.07, 6.45) is 5.76. The molecule has 1 aromatic heterocycles. The van der Waals surface area contributed by atoms with Crippen molar-refractivity contribution in [3.8, 4) is 5.75 Å². The Morgan fingerprint density at radius 3 is 2.71 bits per heavy atom. The number of para-hydroxylation sites is 1. The Hall–Kier alpha value is -2.36. The number of benzene rings is 1. The second kappa shape index (κ2) is 6.39. The monoisotopic (exact) mass is 282 g/mol. The van der Waals surface area contributed by atoms with E-state index in [4.69, 9.17) is 4.74 Å². The van der Waals surface area contributed by atoms with Gasteiger partial charge in [0.25, 0.3) is 5.91 Å². The Labute approximate surface area is 124 Å². The summed E-state index contributed by atoms with van der Waals surface area (Å²) in [7, 11) is 0. The van der Waals surface area contributed by atoms with Gasteiger partial charge in [0.05, 0.1) is 6.61 Å². The second-order valence-electron chi connectivity index (χ2n) is 5.28. The highest BCUT2D eigenvalue weighted by molar-refractivity contribution is 5.93. The highest BCUT2D eigenvalue weighted by Crippen LogP contribution is 2.30. The zero-order chi connectivity index (χ0) is 14.5. The lowest BCUT2D eigenvalue weighted by molar-refractivity contribution is 0.0950. The highest BCUT2D eigenvalue weighted by atomic mass is 16.5. The quantitative estimate of drug-likeness (QED) is 0.886. The first kappa shape index (κ1) is 13.6. The van der Waals surface area contributed by atoms with Crippen molar-refractivity contribution in [1.29, 1.82) is 0 Å². The summed E-state index contributed by atoms with van der Waals surface area (Å²) < 4.78 is 5.84. The van der Waals surface area contributed by atoms with E-state index in [1.54, 1.807) is 24.5 Å². The lowest BCUT2D eigenvalue weighted by Crippen LogP contribution is -2.23. The van der Waals surface area contributed by atoms with E-state index in [2.05, 4.69) is 10.3 Å². The summed E-state index contributed by atoms with van der Waals surface area (Å²) in [5.74, 6) is 1.47. The third-order valence-corrected chi connectivity index (χ3v) is 3.53. The van der Waals surface area contributed by atoms with E-state index in [1.165, 1.54) is 12.8 Å². The summed E-state index contributed by atoms with van der Waals surface area (Å²) in [5.41, 5.74) is 1.61. The molecule has 2 aromatic rings. The molecule has 4 nitrogen and oxygen atoms in total. The number of pyridine rings is 1. The van der Waals surface area contributed by atoms with E-state index in [-0.39, 0.29) is 5.91 Å². The van der Waals surface area contributed by atoms with Crippen LogP contribution in [0.25, 0.3) is 0 Å². The van der Waals surface area contributed by atoms with Crippen molar-refractivity contribution in [3.63, 3.8) is 0 Å². The number of hydrogen-bond acceptors (Lipinski definition) is 3. The molecule has 1 heterocycles. The standard InChI is InChI=1S/C17H18N2O2/c20-17(14-7-9-18-10-8-14)19-11-15-3-1-2-4-16(15)21-12-13-5-6-13/h1-4,7-10,13H,5-6,11-12H2,(H,19,20). The molecule has 1 fully saturated rings. The minimum Gasteiger partial charge on any atom is -0.493 e. The van der Waals surface area contributed by atoms with E-state index in [9.17, 15) is 4.79 Å². The normalized spacial score (nSPS) is 13.7. The van der Waals surface area contributed by atoms with E-state index < -0.39 is 0 Å². The molecule has 0 atom stereocenters. The number of nitrogens with one attached hydrogen (secondary N) is 1. The molecule has 21 heavy (non-hydrogen) atoms. The lowest BCUT2D eigenvalue weighted by atomic mass is 10.2. The zero-order valence-electron chi connectivity index (χ0n) is 11.8. The van der Waals surface area contributed by atoms with Crippen LogP contribution in [0.3, 0.4) is 0 Å². The fourth-order valence-corrected chi connectivity index (χ4v) is 2.06. The van der Waals surface area contributed by atoms with Crippen molar-refractivity contribution in [2.75, 3.05) is 6.61 Å². The molecule has 3 rings (SSSR count). The van der Waals surface area contributed by atoms with Gasteiger partial charge in [-0.25, -0.2) is 0 Å². The van der Waals surface area contributed by atoms with E-state index in [1.807, 2.05) is 24.3 Å². The van der Waals surface area contributed by atoms with Crippen molar-refractivity contribution in [2.45, 2.75) is 19.4 Å². The van der Waals surface area contributed by atoms with Crippen LogP contribution in [0.1, 0.15) is 28.8 Å². The Kier molecular flexibility index (Phi) is 4.15. The Morgan fingerprint density at radius 2 is 1.95 bits per heavy atom. The zero-order valence-corrected chi connectivity index (χ0v) is 11.8. The number of ether oxygens (including phenoxy) is 1. The fraction of sp³-hybridized carbons (Fsp3) is 0.294. The fourth-order valence-electron chi connectivity index (χ4n) is 2.06. The van der Waals surface area contributed by atoms with Crippen molar-refractivity contribution in [3.05, 3.63) is 59.9 Å². The average molecular weight is 282 g/mol. The molecule has 0 saturated heterocycles. The van der Waals surface area contributed by atoms with Gasteiger partial charge in [-0.3, -0.25) is 9.78 Å². The predicted molar refractivity (Wildman–Crippen MR) is 80.1 cm³/mol. The van der Waals surface area contributed by atoms with Gasteiger partial charge in [0.1, 0.15) is 5.75 Å². The molecule has 1 saturated carbocycles. The van der Waals surface area contributed by atoms with Crippen LogP contribution in [0, 0.1) is 5.92 Å². The SMILES string of the molecule is O=C(NCc1ccccc1OCC1CC1)c1ccncc1. The minimum atomic E-state index is -0.102. The maximum atomic E-state index is 12.0. The van der Waals surface area contributed by atoms with E-state index in [0.29, 0.717) is 18.0 Å². The first-order chi connectivity index (χ1) is 10.3. The Balaban J connectivity index is 1.60. The predicted octanol–water partition coefficient (Wildman–Crippen LogP) is 2.80. The van der Waals surface area contributed by atoms with Crippen molar-refractivity contribution in [2.24, 2.45) is 5.92 Å². The van der Waals surface area contributed by atoms with Crippen LogP contribution in [0.15, 0.2) is 48.8 Å². The summed E-state index contributed by atoms with van der Waals surface area (Å²) in [5, 5.41) is 2.91. The Bertz CT molecular complexity index is 609. The number of rotatable bonds is 6. The van der Waals surface area contributed by atoms with Crippen LogP contribution in [0.4, 0.5) is 0 Å². The molecule has 0 bridgehead atoms. The first-order valence-corrected chi connectivity index (χ1v) is 7.22. The van der Waals surface area contributed by atoms with Gasteiger partial charge in [0.15, 0.2) is 0 Å². The molecule has 1 aliphatic carbocycles. The van der Waals surface area contributed by atoms with Crippen LogP contribution in [-0.2, 0) is 6.54 Å². The number of carbonyl (C=O) groups is 1. The molecule has 1 N–H and O–H groups in total. The van der Waals surface area contributed by atoms with Crippen LogP contribution in [0.2, 0.25) is 0 Å². The average Bonchev–Trinajstić information content (AvgIpc) is 3.36. The molecule has 0 spiro atoms. The molecule has 1 aliphatic rings. The summed E-state index contributed by atoms with van der Waals surface area (Å²) in [6, 6.07) is 11.2. The molecule has 1 aromatic carbocycles. The highest BCUT2D eigenvalue weighted by Gasteiger charge is 2.22. The maximum Gasteiger partial charge on any atom is 0.251 e. The molecule has 4 heteroatoms. The van der Waals surface area contributed by atoms with Gasteiger partial charge in [0.2, 0.25) is 0 Å². The molecule has 108 valence electrons. The third-order valence-electron chi connectivity index (χ3n) is 3.53. The van der Waals surface area contributed by atoms with Crippen LogP contribution in [0.5, 0.6) is 5.75 Å². The number of hydrogen-bond donors (Lipinski definition) is 1. The number of aromatic nitrogens is 1. The van der Waals surface area contributed by atoms with Gasteiger partial charge in [-0.2, -0.15) is 0 Å². The van der Waals surface area contributed by atoms with Gasteiger partial charge in [0, 0.05) is 30.1 Å². The van der Waals surface area contributed by atoms with Gasteiger partial charge >= 0.3 is 0 Å². The third kappa shape index (κ3) is 3.81. The minimum absolute atomic E-state index is 0.102. The number of nitrogens with zero attached hydrogens (tertiary/aromatic N) is 1. The molecular weight excluding hydrogens is 264 g/mol. The largest absolute Gasteiger partial charge is 0.493 e. The molecular formula is C17H18N2O2. The molecule has 0 radical (unpaired) electrons. The summed E-state index contributed by atoms with van der Waals surface area (Å²) in [6.45, 7) is 1.23. The number of carbonyl (C=O) groups excluding carboxylic acids is 1. The van der Waals surface area contributed by atoms with Crippen LogP contribution in [-0.4, -0.2) is 17.5 Å². The smallest absolute Gasteiger partial charge is 0.251 e. The van der Waals surface area contributed by atoms with Gasteiger partial charge in [-0.05, 0) is 37.0 Å². The van der Waals surface area contributed by atoms with Crippen LogP contribution < -0.4 is 10.1 Å². The molecule has 0 aliphatic heterocycles. The van der Waals surface area contributed by atoms with Crippen LogP contribution >= 0.6 is 0 Å². The lowest BCUT2D eigenvalue weighted by Gasteiger charge is -2.12. The van der Waals surface area contributed by atoms with Gasteiger partial charge in [-0.15, -0.1) is 0 Å². The Morgan fingerprint density at radius 1 is 1.19 bits per heavy atom. The maximum absolute atomic E-state index is 12.0. The van der Waals surface area contributed by atoms with Gasteiger partial charge in [-0.1, -0.05) is 18.2 Å². The molecule has 0 unspecified atom stereocenters. The van der Waals surface area contributed by atoms with Crippen molar-refractivity contribution >= 4 is 5.91 Å².